The van der Waals surface area contributed by atoms with Gasteiger partial charge in [0.05, 0.1) is 11.0 Å². The average molecular weight is 360 g/mol. The van der Waals surface area contributed by atoms with Crippen LogP contribution >= 0.6 is 0 Å². The fraction of sp³-hybridized carbons (Fsp3) is 0.368. The Labute approximate surface area is 149 Å². The van der Waals surface area contributed by atoms with Gasteiger partial charge in [-0.05, 0) is 49.2 Å². The molecular weight excluding hydrogens is 336 g/mol. The SMILES string of the molecule is Cc1cccc(N2CCN(S(=O)(=O)c3cccc([C@H](C)O)c3)CC2)c1. The molecule has 0 spiro atoms. The van der Waals surface area contributed by atoms with E-state index in [0.717, 1.165) is 5.69 Å². The second-order valence-electron chi connectivity index (χ2n) is 6.48. The van der Waals surface area contributed by atoms with E-state index in [1.165, 1.54) is 9.87 Å². The Morgan fingerprint density at radius 3 is 2.32 bits per heavy atom. The predicted octanol–water partition coefficient (Wildman–Crippen LogP) is 2.56. The maximum Gasteiger partial charge on any atom is 0.243 e. The highest BCUT2D eigenvalue weighted by molar-refractivity contribution is 7.89. The summed E-state index contributed by atoms with van der Waals surface area (Å²) in [6.45, 7) is 5.92. The number of hydrogen-bond acceptors (Lipinski definition) is 4. The van der Waals surface area contributed by atoms with Crippen molar-refractivity contribution in [3.05, 3.63) is 59.7 Å². The van der Waals surface area contributed by atoms with Gasteiger partial charge in [0.15, 0.2) is 0 Å². The van der Waals surface area contributed by atoms with E-state index in [1.807, 2.05) is 6.07 Å². The number of rotatable bonds is 4. The number of piperazine rings is 1. The van der Waals surface area contributed by atoms with Crippen LogP contribution in [0.15, 0.2) is 53.4 Å². The van der Waals surface area contributed by atoms with E-state index in [9.17, 15) is 13.5 Å². The summed E-state index contributed by atoms with van der Waals surface area (Å²) in [6.07, 6.45) is -0.687. The molecule has 1 fully saturated rings. The molecule has 0 aromatic heterocycles. The fourth-order valence-electron chi connectivity index (χ4n) is 3.10. The summed E-state index contributed by atoms with van der Waals surface area (Å²) >= 11 is 0. The van der Waals surface area contributed by atoms with Crippen LogP contribution in [0.4, 0.5) is 5.69 Å². The first-order valence-corrected chi connectivity index (χ1v) is 9.92. The summed E-state index contributed by atoms with van der Waals surface area (Å²) < 4.78 is 27.3. The Kier molecular flexibility index (Phi) is 5.13. The van der Waals surface area contributed by atoms with E-state index >= 15 is 0 Å². The Bertz CT molecular complexity index is 841. The van der Waals surface area contributed by atoms with E-state index in [4.69, 9.17) is 0 Å². The van der Waals surface area contributed by atoms with Gasteiger partial charge in [-0.25, -0.2) is 8.42 Å². The Morgan fingerprint density at radius 1 is 1.00 bits per heavy atom. The number of sulfonamides is 1. The molecule has 1 atom stereocenters. The minimum atomic E-state index is -3.54. The lowest BCUT2D eigenvalue weighted by molar-refractivity contribution is 0.199. The molecule has 25 heavy (non-hydrogen) atoms. The van der Waals surface area contributed by atoms with Crippen LogP contribution in [-0.2, 0) is 10.0 Å². The molecule has 0 amide bonds. The largest absolute Gasteiger partial charge is 0.389 e. The minimum absolute atomic E-state index is 0.245. The highest BCUT2D eigenvalue weighted by Gasteiger charge is 2.28. The molecule has 1 saturated heterocycles. The third-order valence-corrected chi connectivity index (χ3v) is 6.48. The van der Waals surface area contributed by atoms with Gasteiger partial charge in [-0.2, -0.15) is 4.31 Å². The van der Waals surface area contributed by atoms with Gasteiger partial charge in [0, 0.05) is 31.9 Å². The molecule has 2 aromatic rings. The Morgan fingerprint density at radius 2 is 1.68 bits per heavy atom. The number of benzene rings is 2. The van der Waals surface area contributed by atoms with E-state index < -0.39 is 16.1 Å². The van der Waals surface area contributed by atoms with Crippen LogP contribution < -0.4 is 4.90 Å². The van der Waals surface area contributed by atoms with Gasteiger partial charge in [0.1, 0.15) is 0 Å². The molecule has 0 unspecified atom stereocenters. The molecule has 2 aromatic carbocycles. The van der Waals surface area contributed by atoms with Crippen molar-refractivity contribution in [2.45, 2.75) is 24.8 Å². The lowest BCUT2D eigenvalue weighted by Gasteiger charge is -2.35. The molecule has 0 radical (unpaired) electrons. The second kappa shape index (κ2) is 7.15. The molecule has 0 bridgehead atoms. The van der Waals surface area contributed by atoms with Crippen LogP contribution in [0.5, 0.6) is 0 Å². The van der Waals surface area contributed by atoms with Crippen molar-refractivity contribution < 1.29 is 13.5 Å². The summed E-state index contributed by atoms with van der Waals surface area (Å²) in [5.74, 6) is 0. The molecular formula is C19H24N2O3S. The molecule has 1 aliphatic heterocycles. The first-order chi connectivity index (χ1) is 11.9. The van der Waals surface area contributed by atoms with Crippen molar-refractivity contribution in [3.63, 3.8) is 0 Å². The lowest BCUT2D eigenvalue weighted by atomic mass is 10.1. The zero-order valence-electron chi connectivity index (χ0n) is 14.6. The molecule has 3 rings (SSSR count). The molecule has 6 heteroatoms. The van der Waals surface area contributed by atoms with Crippen LogP contribution in [0.2, 0.25) is 0 Å². The highest BCUT2D eigenvalue weighted by atomic mass is 32.2. The monoisotopic (exact) mass is 360 g/mol. The first-order valence-electron chi connectivity index (χ1n) is 8.48. The summed E-state index contributed by atoms with van der Waals surface area (Å²) in [5.41, 5.74) is 2.94. The van der Waals surface area contributed by atoms with Crippen LogP contribution in [0.25, 0.3) is 0 Å². The molecule has 1 aliphatic rings. The average Bonchev–Trinajstić information content (AvgIpc) is 2.62. The number of aliphatic hydroxyl groups is 1. The minimum Gasteiger partial charge on any atom is -0.389 e. The number of hydrogen-bond donors (Lipinski definition) is 1. The van der Waals surface area contributed by atoms with E-state index in [1.54, 1.807) is 31.2 Å². The molecule has 0 saturated carbocycles. The molecule has 1 N–H and O–H groups in total. The standard InChI is InChI=1S/C19H24N2O3S/c1-15-5-3-7-18(13-15)20-9-11-21(12-10-20)25(23,24)19-8-4-6-17(14-19)16(2)22/h3-8,13-14,16,22H,9-12H2,1-2H3/t16-/m0/s1. The van der Waals surface area contributed by atoms with Gasteiger partial charge in [0.25, 0.3) is 0 Å². The third-order valence-electron chi connectivity index (χ3n) is 4.58. The molecule has 0 aliphatic carbocycles. The predicted molar refractivity (Wildman–Crippen MR) is 99.2 cm³/mol. The number of aryl methyl sites for hydroxylation is 1. The molecule has 5 nitrogen and oxygen atoms in total. The van der Waals surface area contributed by atoms with Gasteiger partial charge in [-0.15, -0.1) is 0 Å². The zero-order chi connectivity index (χ0) is 18.0. The Hall–Kier alpha value is -1.89. The van der Waals surface area contributed by atoms with Gasteiger partial charge < -0.3 is 10.0 Å². The maximum absolute atomic E-state index is 12.9. The number of aliphatic hydroxyl groups excluding tert-OH is 1. The molecule has 1 heterocycles. The second-order valence-corrected chi connectivity index (χ2v) is 8.42. The van der Waals surface area contributed by atoms with Gasteiger partial charge in [0.2, 0.25) is 10.0 Å². The van der Waals surface area contributed by atoms with Crippen LogP contribution in [0.1, 0.15) is 24.2 Å². The van der Waals surface area contributed by atoms with E-state index in [2.05, 4.69) is 30.0 Å². The normalized spacial score (nSPS) is 17.5. The van der Waals surface area contributed by atoms with Crippen molar-refractivity contribution in [1.82, 2.24) is 4.31 Å². The summed E-state index contributed by atoms with van der Waals surface area (Å²) in [6, 6.07) is 14.8. The van der Waals surface area contributed by atoms with Gasteiger partial charge in [-0.1, -0.05) is 24.3 Å². The quantitative estimate of drug-likeness (QED) is 0.910. The highest BCUT2D eigenvalue weighted by Crippen LogP contribution is 2.23. The lowest BCUT2D eigenvalue weighted by Crippen LogP contribution is -2.48. The zero-order valence-corrected chi connectivity index (χ0v) is 15.4. The smallest absolute Gasteiger partial charge is 0.243 e. The van der Waals surface area contributed by atoms with Crippen molar-refractivity contribution in [2.24, 2.45) is 0 Å². The fourth-order valence-corrected chi connectivity index (χ4v) is 4.57. The first kappa shape index (κ1) is 17.9. The molecule has 134 valence electrons. The Balaban J connectivity index is 1.74. The number of nitrogens with zero attached hydrogens (tertiary/aromatic N) is 2. The summed E-state index contributed by atoms with van der Waals surface area (Å²) in [7, 11) is -3.54. The van der Waals surface area contributed by atoms with E-state index in [-0.39, 0.29) is 4.90 Å². The van der Waals surface area contributed by atoms with Gasteiger partial charge in [-0.3, -0.25) is 0 Å². The van der Waals surface area contributed by atoms with E-state index in [0.29, 0.717) is 31.7 Å². The van der Waals surface area contributed by atoms with Crippen LogP contribution in [0, 0.1) is 6.92 Å². The summed E-state index contributed by atoms with van der Waals surface area (Å²) in [4.78, 5) is 2.46. The summed E-state index contributed by atoms with van der Waals surface area (Å²) in [5, 5.41) is 9.69. The number of anilines is 1. The maximum atomic E-state index is 12.9. The van der Waals surface area contributed by atoms with Crippen LogP contribution in [0.3, 0.4) is 0 Å². The third kappa shape index (κ3) is 3.86. The van der Waals surface area contributed by atoms with Crippen molar-refractivity contribution >= 4 is 15.7 Å². The van der Waals surface area contributed by atoms with Crippen LogP contribution in [-0.4, -0.2) is 44.0 Å². The van der Waals surface area contributed by atoms with Crippen molar-refractivity contribution in [1.29, 1.82) is 0 Å². The van der Waals surface area contributed by atoms with Crippen molar-refractivity contribution in [3.8, 4) is 0 Å². The topological polar surface area (TPSA) is 60.9 Å². The van der Waals surface area contributed by atoms with Crippen molar-refractivity contribution in [2.75, 3.05) is 31.1 Å². The van der Waals surface area contributed by atoms with Gasteiger partial charge >= 0.3 is 0 Å².